The predicted molar refractivity (Wildman–Crippen MR) is 76.3 cm³/mol. The second kappa shape index (κ2) is 8.49. The molecular weight excluding hydrogens is 249 g/mol. The Kier molecular flexibility index (Phi) is 7.29. The van der Waals surface area contributed by atoms with Crippen LogP contribution in [0.5, 0.6) is 0 Å². The summed E-state index contributed by atoms with van der Waals surface area (Å²) in [7, 11) is 0. The summed E-state index contributed by atoms with van der Waals surface area (Å²) < 4.78 is 13.3. The van der Waals surface area contributed by atoms with E-state index in [0.29, 0.717) is 0 Å². The van der Waals surface area contributed by atoms with Gasteiger partial charge in [0.2, 0.25) is 0 Å². The molecule has 0 aliphatic rings. The number of hydrogen-bond acceptors (Lipinski definition) is 1. The summed E-state index contributed by atoms with van der Waals surface area (Å²) in [6.07, 6.45) is 8.28. The monoisotopic (exact) mass is 271 g/mol. The van der Waals surface area contributed by atoms with Crippen LogP contribution >= 0.6 is 11.6 Å². The Balaban J connectivity index is 2.32. The standard InChI is InChI=1S/C15H23ClFN/c1-2-3-4-5-6-7-11-14(18)12-9-8-10-13(17)15(12)16/h8-10,14H,2-7,11,18H2,1H3. The third-order valence-corrected chi connectivity index (χ3v) is 3.65. The van der Waals surface area contributed by atoms with Crippen molar-refractivity contribution >= 4 is 11.6 Å². The van der Waals surface area contributed by atoms with Gasteiger partial charge in [-0.05, 0) is 18.1 Å². The lowest BCUT2D eigenvalue weighted by molar-refractivity contribution is 0.544. The first-order valence-electron chi connectivity index (χ1n) is 6.86. The third-order valence-electron chi connectivity index (χ3n) is 3.25. The topological polar surface area (TPSA) is 26.0 Å². The molecule has 0 fully saturated rings. The first kappa shape index (κ1) is 15.5. The van der Waals surface area contributed by atoms with Crippen molar-refractivity contribution in [3.63, 3.8) is 0 Å². The average Bonchev–Trinajstić information content (AvgIpc) is 2.36. The summed E-state index contributed by atoms with van der Waals surface area (Å²) in [5.41, 5.74) is 6.78. The molecule has 1 aromatic rings. The first-order valence-corrected chi connectivity index (χ1v) is 7.24. The van der Waals surface area contributed by atoms with Crippen molar-refractivity contribution in [2.45, 2.75) is 57.9 Å². The van der Waals surface area contributed by atoms with Gasteiger partial charge in [-0.15, -0.1) is 0 Å². The number of nitrogens with two attached hydrogens (primary N) is 1. The van der Waals surface area contributed by atoms with Crippen molar-refractivity contribution in [1.29, 1.82) is 0 Å². The normalized spacial score (nSPS) is 12.7. The van der Waals surface area contributed by atoms with Crippen LogP contribution in [-0.4, -0.2) is 0 Å². The summed E-state index contributed by atoms with van der Waals surface area (Å²) in [6, 6.07) is 4.69. The van der Waals surface area contributed by atoms with Gasteiger partial charge in [0.25, 0.3) is 0 Å². The number of unbranched alkanes of at least 4 members (excludes halogenated alkanes) is 5. The fourth-order valence-electron chi connectivity index (χ4n) is 2.11. The minimum absolute atomic E-state index is 0.153. The molecule has 1 aromatic carbocycles. The minimum atomic E-state index is -0.382. The van der Waals surface area contributed by atoms with E-state index in [-0.39, 0.29) is 16.9 Å². The van der Waals surface area contributed by atoms with Crippen LogP contribution in [0.2, 0.25) is 5.02 Å². The van der Waals surface area contributed by atoms with Crippen molar-refractivity contribution < 1.29 is 4.39 Å². The van der Waals surface area contributed by atoms with E-state index in [1.165, 1.54) is 38.2 Å². The lowest BCUT2D eigenvalue weighted by atomic mass is 10.0. The molecule has 1 unspecified atom stereocenters. The Morgan fingerprint density at radius 1 is 1.17 bits per heavy atom. The molecule has 0 saturated carbocycles. The summed E-state index contributed by atoms with van der Waals surface area (Å²) in [6.45, 7) is 2.21. The highest BCUT2D eigenvalue weighted by Crippen LogP contribution is 2.27. The Labute approximate surface area is 115 Å². The van der Waals surface area contributed by atoms with Crippen LogP contribution in [0, 0.1) is 5.82 Å². The SMILES string of the molecule is CCCCCCCCC(N)c1cccc(F)c1Cl. The Morgan fingerprint density at radius 3 is 2.56 bits per heavy atom. The average molecular weight is 272 g/mol. The lowest BCUT2D eigenvalue weighted by Crippen LogP contribution is -2.11. The van der Waals surface area contributed by atoms with Crippen molar-refractivity contribution in [1.82, 2.24) is 0 Å². The molecule has 0 radical (unpaired) electrons. The van der Waals surface area contributed by atoms with Crippen LogP contribution in [-0.2, 0) is 0 Å². The molecule has 0 heterocycles. The molecule has 2 N–H and O–H groups in total. The molecule has 0 aliphatic heterocycles. The van der Waals surface area contributed by atoms with E-state index in [2.05, 4.69) is 6.92 Å². The second-order valence-electron chi connectivity index (χ2n) is 4.81. The molecule has 1 rings (SSSR count). The molecule has 0 aromatic heterocycles. The predicted octanol–water partition coefficient (Wildman–Crippen LogP) is 5.23. The molecule has 102 valence electrons. The van der Waals surface area contributed by atoms with Crippen LogP contribution in [0.1, 0.15) is 63.5 Å². The molecular formula is C15H23ClFN. The maximum atomic E-state index is 13.3. The van der Waals surface area contributed by atoms with Gasteiger partial charge >= 0.3 is 0 Å². The summed E-state index contributed by atoms with van der Waals surface area (Å²) in [4.78, 5) is 0. The van der Waals surface area contributed by atoms with Crippen LogP contribution < -0.4 is 5.73 Å². The first-order chi connectivity index (χ1) is 8.66. The van der Waals surface area contributed by atoms with Crippen LogP contribution in [0.4, 0.5) is 4.39 Å². The molecule has 0 saturated heterocycles. The zero-order valence-corrected chi connectivity index (χ0v) is 11.8. The zero-order chi connectivity index (χ0) is 13.4. The highest BCUT2D eigenvalue weighted by Gasteiger charge is 2.12. The fourth-order valence-corrected chi connectivity index (χ4v) is 2.37. The Morgan fingerprint density at radius 2 is 1.83 bits per heavy atom. The largest absolute Gasteiger partial charge is 0.324 e. The fraction of sp³-hybridized carbons (Fsp3) is 0.600. The Hall–Kier alpha value is -0.600. The highest BCUT2D eigenvalue weighted by molar-refractivity contribution is 6.31. The zero-order valence-electron chi connectivity index (χ0n) is 11.1. The van der Waals surface area contributed by atoms with Gasteiger partial charge in [-0.1, -0.05) is 69.2 Å². The number of halogens is 2. The smallest absolute Gasteiger partial charge is 0.142 e. The quantitative estimate of drug-likeness (QED) is 0.644. The van der Waals surface area contributed by atoms with E-state index in [9.17, 15) is 4.39 Å². The van der Waals surface area contributed by atoms with Gasteiger partial charge in [0.15, 0.2) is 0 Å². The molecule has 0 aliphatic carbocycles. The minimum Gasteiger partial charge on any atom is -0.324 e. The van der Waals surface area contributed by atoms with Crippen molar-refractivity contribution in [3.8, 4) is 0 Å². The van der Waals surface area contributed by atoms with Gasteiger partial charge in [0.05, 0.1) is 5.02 Å². The van der Waals surface area contributed by atoms with Gasteiger partial charge in [-0.3, -0.25) is 0 Å². The molecule has 0 spiro atoms. The van der Waals surface area contributed by atoms with E-state index in [1.54, 1.807) is 6.07 Å². The van der Waals surface area contributed by atoms with Gasteiger partial charge in [0, 0.05) is 6.04 Å². The maximum Gasteiger partial charge on any atom is 0.142 e. The van der Waals surface area contributed by atoms with Crippen molar-refractivity contribution in [2.75, 3.05) is 0 Å². The Bertz CT molecular complexity index is 354. The highest BCUT2D eigenvalue weighted by atomic mass is 35.5. The van der Waals surface area contributed by atoms with Crippen LogP contribution in [0.3, 0.4) is 0 Å². The maximum absolute atomic E-state index is 13.3. The second-order valence-corrected chi connectivity index (χ2v) is 5.18. The molecule has 18 heavy (non-hydrogen) atoms. The molecule has 0 amide bonds. The molecule has 1 atom stereocenters. The number of benzene rings is 1. The van der Waals surface area contributed by atoms with Gasteiger partial charge < -0.3 is 5.73 Å². The molecule has 3 heteroatoms. The van der Waals surface area contributed by atoms with E-state index in [0.717, 1.165) is 18.4 Å². The summed E-state index contributed by atoms with van der Waals surface area (Å²) >= 11 is 5.91. The van der Waals surface area contributed by atoms with E-state index in [1.807, 2.05) is 6.07 Å². The summed E-state index contributed by atoms with van der Waals surface area (Å²) in [5, 5.41) is 0.177. The molecule has 1 nitrogen and oxygen atoms in total. The van der Waals surface area contributed by atoms with E-state index >= 15 is 0 Å². The van der Waals surface area contributed by atoms with Gasteiger partial charge in [-0.2, -0.15) is 0 Å². The van der Waals surface area contributed by atoms with Crippen LogP contribution in [0.25, 0.3) is 0 Å². The number of hydrogen-bond donors (Lipinski definition) is 1. The van der Waals surface area contributed by atoms with Crippen LogP contribution in [0.15, 0.2) is 18.2 Å². The van der Waals surface area contributed by atoms with Gasteiger partial charge in [0.1, 0.15) is 5.82 Å². The summed E-state index contributed by atoms with van der Waals surface area (Å²) in [5.74, 6) is -0.382. The lowest BCUT2D eigenvalue weighted by Gasteiger charge is -2.13. The van der Waals surface area contributed by atoms with Crippen molar-refractivity contribution in [3.05, 3.63) is 34.6 Å². The van der Waals surface area contributed by atoms with E-state index < -0.39 is 0 Å². The third kappa shape index (κ3) is 4.95. The molecule has 0 bridgehead atoms. The van der Waals surface area contributed by atoms with Gasteiger partial charge in [-0.25, -0.2) is 4.39 Å². The van der Waals surface area contributed by atoms with Crippen molar-refractivity contribution in [2.24, 2.45) is 5.73 Å². The van der Waals surface area contributed by atoms with E-state index in [4.69, 9.17) is 17.3 Å². The number of rotatable bonds is 8.